The van der Waals surface area contributed by atoms with Crippen LogP contribution >= 0.6 is 27.5 Å². The Labute approximate surface area is 227 Å². The Morgan fingerprint density at radius 1 is 1.19 bits per heavy atom. The van der Waals surface area contributed by atoms with Crippen LogP contribution < -0.4 is 10.0 Å². The zero-order valence-electron chi connectivity index (χ0n) is 19.8. The number of carbonyl (C=O) groups is 1. The highest BCUT2D eigenvalue weighted by atomic mass is 79.9. The highest BCUT2D eigenvalue weighted by molar-refractivity contribution is 9.10. The summed E-state index contributed by atoms with van der Waals surface area (Å²) >= 11 is 9.48. The molecule has 5 rings (SSSR count). The van der Waals surface area contributed by atoms with Crippen LogP contribution in [0.15, 0.2) is 59.2 Å². The number of nitrogens with zero attached hydrogens (tertiary/aromatic N) is 2. The first-order valence-corrected chi connectivity index (χ1v) is 14.5. The lowest BCUT2D eigenvalue weighted by atomic mass is 10.0. The molecule has 4 aromatic rings. The number of sulfonamides is 1. The number of aryl methyl sites for hydroxylation is 1. The van der Waals surface area contributed by atoms with E-state index in [1.165, 1.54) is 23.7 Å². The normalized spacial score (nSPS) is 13.6. The molecule has 192 valence electrons. The predicted molar refractivity (Wildman–Crippen MR) is 146 cm³/mol. The van der Waals surface area contributed by atoms with Crippen molar-refractivity contribution >= 4 is 54.7 Å². The van der Waals surface area contributed by atoms with E-state index in [0.29, 0.717) is 39.5 Å². The van der Waals surface area contributed by atoms with E-state index in [0.717, 1.165) is 28.4 Å². The van der Waals surface area contributed by atoms with Crippen LogP contribution in [-0.4, -0.2) is 36.7 Å². The number of carbonyl (C=O) groups excluding carboxylic acids is 1. The minimum Gasteiger partial charge on any atom is -0.355 e. The van der Waals surface area contributed by atoms with Gasteiger partial charge < -0.3 is 5.32 Å². The number of nitrogens with one attached hydrogen (secondary N) is 2. The molecule has 1 aliphatic carbocycles. The Balaban J connectivity index is 1.52. The van der Waals surface area contributed by atoms with Crippen molar-refractivity contribution in [3.63, 3.8) is 0 Å². The summed E-state index contributed by atoms with van der Waals surface area (Å²) in [7, 11) is -2.17. The smallest absolute Gasteiger partial charge is 0.255 e. The number of hydrogen-bond donors (Lipinski definition) is 2. The number of aromatic nitrogens is 2. The molecule has 0 aliphatic heterocycles. The van der Waals surface area contributed by atoms with Gasteiger partial charge in [0, 0.05) is 17.1 Å². The van der Waals surface area contributed by atoms with Gasteiger partial charge in [-0.3, -0.25) is 9.52 Å². The van der Waals surface area contributed by atoms with E-state index in [4.69, 9.17) is 11.6 Å². The van der Waals surface area contributed by atoms with Gasteiger partial charge in [0.1, 0.15) is 11.5 Å². The predicted octanol–water partition coefficient (Wildman–Crippen LogP) is 5.78. The molecule has 0 unspecified atom stereocenters. The van der Waals surface area contributed by atoms with Gasteiger partial charge in [-0.25, -0.2) is 17.3 Å². The molecule has 1 fully saturated rings. The van der Waals surface area contributed by atoms with Gasteiger partial charge >= 0.3 is 0 Å². The number of amides is 1. The van der Waals surface area contributed by atoms with Crippen molar-refractivity contribution in [1.82, 2.24) is 14.9 Å². The first kappa shape index (κ1) is 25.7. The summed E-state index contributed by atoms with van der Waals surface area (Å²) in [5.41, 5.74) is 3.91. The molecule has 11 heteroatoms. The number of benzene rings is 2. The Morgan fingerprint density at radius 3 is 2.57 bits per heavy atom. The van der Waals surface area contributed by atoms with Crippen LogP contribution in [0.25, 0.3) is 16.8 Å². The maximum absolute atomic E-state index is 13.5. The largest absolute Gasteiger partial charge is 0.355 e. The molecule has 2 aromatic carbocycles. The van der Waals surface area contributed by atoms with Crippen molar-refractivity contribution in [2.45, 2.75) is 25.2 Å². The fourth-order valence-electron chi connectivity index (χ4n) is 4.25. The van der Waals surface area contributed by atoms with Gasteiger partial charge in [-0.05, 0) is 94.7 Å². The maximum atomic E-state index is 13.5. The Bertz CT molecular complexity index is 1620. The topological polar surface area (TPSA) is 92.6 Å². The molecule has 0 saturated heterocycles. The molecule has 2 heterocycles. The number of anilines is 1. The van der Waals surface area contributed by atoms with E-state index in [2.05, 4.69) is 31.1 Å². The second-order valence-corrected chi connectivity index (χ2v) is 12.1. The molecule has 2 aromatic heterocycles. The van der Waals surface area contributed by atoms with Gasteiger partial charge in [-0.2, -0.15) is 5.10 Å². The van der Waals surface area contributed by atoms with Crippen LogP contribution in [0.1, 0.15) is 40.2 Å². The summed E-state index contributed by atoms with van der Waals surface area (Å²) in [6, 6.07) is 12.9. The first-order valence-electron chi connectivity index (χ1n) is 11.6. The molecule has 0 spiro atoms. The average molecular weight is 606 g/mol. The van der Waals surface area contributed by atoms with Crippen LogP contribution in [0.3, 0.4) is 0 Å². The lowest BCUT2D eigenvalue weighted by molar-refractivity contribution is 0.0965. The Kier molecular flexibility index (Phi) is 6.99. The van der Waals surface area contributed by atoms with Crippen molar-refractivity contribution in [2.24, 2.45) is 0 Å². The second-order valence-electron chi connectivity index (χ2n) is 8.98. The van der Waals surface area contributed by atoms with E-state index in [1.54, 1.807) is 30.5 Å². The SMILES string of the molecule is CNC(=O)c1c(-c2ccc(F)cc2)nn2cc(NS(=O)(=O)CCc3ccc(Br)c(Cl)c3)c(C3CC3)cc12. The zero-order valence-corrected chi connectivity index (χ0v) is 22.9. The van der Waals surface area contributed by atoms with Crippen LogP contribution in [0.2, 0.25) is 5.02 Å². The standard InChI is InChI=1S/C26H23BrClFN4O3S/c1-30-26(34)24-23-13-19(16-3-4-16)22(14-33(23)31-25(24)17-5-7-18(29)8-6-17)32-37(35,36)11-10-15-2-9-20(27)21(28)12-15/h2,5-9,12-14,16,32H,3-4,10-11H2,1H3,(H,30,34). The monoisotopic (exact) mass is 604 g/mol. The lowest BCUT2D eigenvalue weighted by Gasteiger charge is -2.13. The van der Waals surface area contributed by atoms with Crippen molar-refractivity contribution in [2.75, 3.05) is 17.5 Å². The number of pyridine rings is 1. The molecule has 2 N–H and O–H groups in total. The third kappa shape index (κ3) is 5.51. The van der Waals surface area contributed by atoms with Crippen LogP contribution in [0.4, 0.5) is 10.1 Å². The summed E-state index contributed by atoms with van der Waals surface area (Å²) in [6.45, 7) is 0. The van der Waals surface area contributed by atoms with Gasteiger partial charge in [0.05, 0.1) is 33.7 Å². The quantitative estimate of drug-likeness (QED) is 0.266. The summed E-state index contributed by atoms with van der Waals surface area (Å²) in [6.07, 6.45) is 3.75. The first-order chi connectivity index (χ1) is 17.6. The van der Waals surface area contributed by atoms with E-state index in [9.17, 15) is 17.6 Å². The highest BCUT2D eigenvalue weighted by Gasteiger charge is 2.30. The summed E-state index contributed by atoms with van der Waals surface area (Å²) < 4.78 is 44.6. The van der Waals surface area contributed by atoms with E-state index in [1.807, 2.05) is 12.1 Å². The van der Waals surface area contributed by atoms with Gasteiger partial charge in [0.15, 0.2) is 0 Å². The van der Waals surface area contributed by atoms with Crippen molar-refractivity contribution in [1.29, 1.82) is 0 Å². The van der Waals surface area contributed by atoms with Gasteiger partial charge in [-0.1, -0.05) is 17.7 Å². The number of rotatable bonds is 8. The highest BCUT2D eigenvalue weighted by Crippen LogP contribution is 2.45. The number of halogens is 3. The minimum atomic E-state index is -3.70. The van der Waals surface area contributed by atoms with E-state index >= 15 is 0 Å². The molecular formula is C26H23BrClFN4O3S. The molecule has 7 nitrogen and oxygen atoms in total. The van der Waals surface area contributed by atoms with Crippen LogP contribution in [0.5, 0.6) is 0 Å². The molecule has 1 aliphatic rings. The van der Waals surface area contributed by atoms with Gasteiger partial charge in [0.25, 0.3) is 5.91 Å². The maximum Gasteiger partial charge on any atom is 0.255 e. The van der Waals surface area contributed by atoms with Gasteiger partial charge in [0.2, 0.25) is 10.0 Å². The van der Waals surface area contributed by atoms with Crippen LogP contribution in [0, 0.1) is 5.82 Å². The molecule has 0 atom stereocenters. The molecular weight excluding hydrogens is 583 g/mol. The summed E-state index contributed by atoms with van der Waals surface area (Å²) in [4.78, 5) is 12.9. The van der Waals surface area contributed by atoms with Gasteiger partial charge in [-0.15, -0.1) is 0 Å². The van der Waals surface area contributed by atoms with Crippen LogP contribution in [-0.2, 0) is 16.4 Å². The molecule has 37 heavy (non-hydrogen) atoms. The summed E-state index contributed by atoms with van der Waals surface area (Å²) in [5, 5.41) is 7.75. The fourth-order valence-corrected chi connectivity index (χ4v) is 5.81. The molecule has 1 amide bonds. The average Bonchev–Trinajstić information content (AvgIpc) is 3.65. The molecule has 0 bridgehead atoms. The van der Waals surface area contributed by atoms with Crippen molar-refractivity contribution in [3.8, 4) is 11.3 Å². The summed E-state index contributed by atoms with van der Waals surface area (Å²) in [5.74, 6) is -0.671. The van der Waals surface area contributed by atoms with Crippen molar-refractivity contribution < 1.29 is 17.6 Å². The Morgan fingerprint density at radius 2 is 1.92 bits per heavy atom. The fraction of sp³-hybridized carbons (Fsp3) is 0.231. The van der Waals surface area contributed by atoms with E-state index < -0.39 is 15.8 Å². The number of fused-ring (bicyclic) bond motifs is 1. The molecule has 1 saturated carbocycles. The third-order valence-electron chi connectivity index (χ3n) is 6.30. The number of hydrogen-bond acceptors (Lipinski definition) is 4. The third-order valence-corrected chi connectivity index (χ3v) is 8.80. The lowest BCUT2D eigenvalue weighted by Crippen LogP contribution is -2.20. The van der Waals surface area contributed by atoms with E-state index in [-0.39, 0.29) is 17.6 Å². The Hall–Kier alpha value is -2.95. The van der Waals surface area contributed by atoms with Crippen molar-refractivity contribution in [3.05, 3.63) is 86.7 Å². The zero-order chi connectivity index (χ0) is 26.3. The minimum absolute atomic E-state index is 0.128. The second kappa shape index (κ2) is 10.1. The molecule has 0 radical (unpaired) electrons.